The van der Waals surface area contributed by atoms with Crippen molar-refractivity contribution in [2.75, 3.05) is 0 Å². The molecule has 0 aliphatic rings. The van der Waals surface area contributed by atoms with Gasteiger partial charge in [0.25, 0.3) is 5.56 Å². The summed E-state index contributed by atoms with van der Waals surface area (Å²) in [4.78, 5) is 15.5. The van der Waals surface area contributed by atoms with E-state index in [1.165, 1.54) is 0 Å². The number of rotatable bonds is 2. The molecule has 0 aliphatic heterocycles. The van der Waals surface area contributed by atoms with Crippen LogP contribution in [-0.4, -0.2) is 21.0 Å². The molecule has 0 saturated heterocycles. The lowest BCUT2D eigenvalue weighted by atomic mass is 10.1. The first-order chi connectivity index (χ1) is 11.0. The molecule has 0 amide bonds. The highest BCUT2D eigenvalue weighted by Gasteiger charge is 2.05. The minimum Gasteiger partial charge on any atom is -0.507 e. The molecule has 3 aromatic rings. The first-order valence-corrected chi connectivity index (χ1v) is 7.47. The number of nitrogens with zero attached hydrogens (tertiary/aromatic N) is 2. The summed E-state index contributed by atoms with van der Waals surface area (Å²) in [5, 5.41) is 14.5. The van der Waals surface area contributed by atoms with Gasteiger partial charge in [0, 0.05) is 0 Å². The van der Waals surface area contributed by atoms with Crippen LogP contribution in [0.3, 0.4) is 0 Å². The van der Waals surface area contributed by atoms with Crippen LogP contribution in [0.2, 0.25) is 0 Å². The fourth-order valence-corrected chi connectivity index (χ4v) is 2.69. The number of phenolic OH excluding ortho intramolecular Hbond substituents is 1. The molecule has 0 radical (unpaired) electrons. The normalized spacial score (nSPS) is 11.4. The van der Waals surface area contributed by atoms with Gasteiger partial charge < -0.3 is 10.1 Å². The summed E-state index contributed by atoms with van der Waals surface area (Å²) >= 11 is 5.21. The van der Waals surface area contributed by atoms with Crippen molar-refractivity contribution in [1.82, 2.24) is 9.66 Å². The number of fused-ring (bicyclic) bond motifs is 1. The fraction of sp³-hybridized carbons (Fsp3) is 0.118. The number of para-hydroxylation sites is 1. The van der Waals surface area contributed by atoms with E-state index >= 15 is 0 Å². The molecule has 3 rings (SSSR count). The number of nitrogens with one attached hydrogen (secondary N) is 1. The Balaban J connectivity index is 2.12. The third kappa shape index (κ3) is 2.80. The van der Waals surface area contributed by atoms with Crippen molar-refractivity contribution in [1.29, 1.82) is 0 Å². The van der Waals surface area contributed by atoms with Gasteiger partial charge in [0.05, 0.1) is 17.1 Å². The molecule has 0 fully saturated rings. The number of aromatic hydroxyl groups is 1. The standard InChI is InChI=1S/C17H15N3O2S/c1-10-7-12(8-11(2)15(10)21)9-18-20-16(22)13-5-3-4-6-14(13)19-17(20)23/h3-9,21H,1-2H3,(H,19,23)/b18-9+. The van der Waals surface area contributed by atoms with Gasteiger partial charge in [-0.15, -0.1) is 0 Å². The van der Waals surface area contributed by atoms with Crippen LogP contribution in [0.25, 0.3) is 10.9 Å². The lowest BCUT2D eigenvalue weighted by Gasteiger charge is -2.05. The van der Waals surface area contributed by atoms with E-state index in [0.29, 0.717) is 10.9 Å². The Hall–Kier alpha value is -2.73. The molecular formula is C17H15N3O2S. The van der Waals surface area contributed by atoms with Gasteiger partial charge in [0.1, 0.15) is 5.75 Å². The molecule has 1 aromatic heterocycles. The molecule has 0 aliphatic carbocycles. The van der Waals surface area contributed by atoms with Crippen LogP contribution in [0.1, 0.15) is 16.7 Å². The van der Waals surface area contributed by atoms with Gasteiger partial charge in [-0.3, -0.25) is 4.79 Å². The van der Waals surface area contributed by atoms with Crippen molar-refractivity contribution in [3.63, 3.8) is 0 Å². The number of aryl methyl sites for hydroxylation is 2. The zero-order valence-corrected chi connectivity index (χ0v) is 13.5. The molecular weight excluding hydrogens is 310 g/mol. The van der Waals surface area contributed by atoms with Crippen molar-refractivity contribution in [3.05, 3.63) is 68.2 Å². The summed E-state index contributed by atoms with van der Waals surface area (Å²) < 4.78 is 1.40. The molecule has 1 heterocycles. The SMILES string of the molecule is Cc1cc(/C=N/n2c(=S)[nH]c3ccccc3c2=O)cc(C)c1O. The molecule has 23 heavy (non-hydrogen) atoms. The number of aromatic nitrogens is 2. The van der Waals surface area contributed by atoms with Crippen molar-refractivity contribution in [3.8, 4) is 5.75 Å². The van der Waals surface area contributed by atoms with Gasteiger partial charge in [0.15, 0.2) is 0 Å². The first-order valence-electron chi connectivity index (χ1n) is 7.06. The number of hydrogen-bond acceptors (Lipinski definition) is 4. The third-order valence-corrected chi connectivity index (χ3v) is 3.89. The zero-order valence-electron chi connectivity index (χ0n) is 12.7. The average Bonchev–Trinajstić information content (AvgIpc) is 2.52. The van der Waals surface area contributed by atoms with Crippen molar-refractivity contribution >= 4 is 29.3 Å². The monoisotopic (exact) mass is 325 g/mol. The van der Waals surface area contributed by atoms with E-state index in [1.807, 2.05) is 19.9 Å². The second-order valence-corrected chi connectivity index (χ2v) is 5.73. The van der Waals surface area contributed by atoms with Crippen LogP contribution in [0.4, 0.5) is 0 Å². The quantitative estimate of drug-likeness (QED) is 0.561. The molecule has 116 valence electrons. The van der Waals surface area contributed by atoms with E-state index in [9.17, 15) is 9.90 Å². The Labute approximate surface area is 137 Å². The second kappa shape index (κ2) is 5.81. The van der Waals surface area contributed by atoms with Gasteiger partial charge >= 0.3 is 0 Å². The van der Waals surface area contributed by atoms with Crippen LogP contribution in [0.15, 0.2) is 46.3 Å². The number of H-pyrrole nitrogens is 1. The minimum atomic E-state index is -0.271. The van der Waals surface area contributed by atoms with E-state index in [-0.39, 0.29) is 16.1 Å². The summed E-state index contributed by atoms with van der Waals surface area (Å²) in [7, 11) is 0. The molecule has 0 saturated carbocycles. The lowest BCUT2D eigenvalue weighted by Crippen LogP contribution is -2.18. The fourth-order valence-electron chi connectivity index (χ4n) is 2.45. The van der Waals surface area contributed by atoms with E-state index in [2.05, 4.69) is 10.1 Å². The van der Waals surface area contributed by atoms with E-state index < -0.39 is 0 Å². The highest BCUT2D eigenvalue weighted by Crippen LogP contribution is 2.22. The lowest BCUT2D eigenvalue weighted by molar-refractivity contribution is 0.467. The summed E-state index contributed by atoms with van der Waals surface area (Å²) in [5.41, 5.74) is 2.70. The number of benzene rings is 2. The van der Waals surface area contributed by atoms with Crippen LogP contribution < -0.4 is 5.56 Å². The van der Waals surface area contributed by atoms with E-state index in [0.717, 1.165) is 21.4 Å². The molecule has 2 aromatic carbocycles. The van der Waals surface area contributed by atoms with Crippen LogP contribution >= 0.6 is 12.2 Å². The smallest absolute Gasteiger partial charge is 0.282 e. The van der Waals surface area contributed by atoms with E-state index in [4.69, 9.17) is 12.2 Å². The van der Waals surface area contributed by atoms with Crippen LogP contribution in [0.5, 0.6) is 5.75 Å². The summed E-state index contributed by atoms with van der Waals surface area (Å²) in [6, 6.07) is 10.7. The van der Waals surface area contributed by atoms with Gasteiger partial charge in [0.2, 0.25) is 4.77 Å². The van der Waals surface area contributed by atoms with Crippen molar-refractivity contribution < 1.29 is 5.11 Å². The van der Waals surface area contributed by atoms with Crippen molar-refractivity contribution in [2.45, 2.75) is 13.8 Å². The number of phenols is 1. The summed E-state index contributed by atoms with van der Waals surface area (Å²) in [5.74, 6) is 0.266. The van der Waals surface area contributed by atoms with Gasteiger partial charge in [-0.25, -0.2) is 0 Å². The molecule has 5 nitrogen and oxygen atoms in total. The Bertz CT molecular complexity index is 1020. The van der Waals surface area contributed by atoms with Crippen LogP contribution in [-0.2, 0) is 0 Å². The zero-order chi connectivity index (χ0) is 16.6. The Morgan fingerprint density at radius 3 is 2.57 bits per heavy atom. The maximum atomic E-state index is 12.5. The summed E-state index contributed by atoms with van der Waals surface area (Å²) in [6.45, 7) is 3.63. The molecule has 6 heteroatoms. The highest BCUT2D eigenvalue weighted by atomic mass is 32.1. The van der Waals surface area contributed by atoms with Gasteiger partial charge in [-0.05, 0) is 67.0 Å². The predicted octanol–water partition coefficient (Wildman–Crippen LogP) is 3.26. The topological polar surface area (TPSA) is 70.4 Å². The Morgan fingerprint density at radius 1 is 1.22 bits per heavy atom. The predicted molar refractivity (Wildman–Crippen MR) is 94.0 cm³/mol. The summed E-state index contributed by atoms with van der Waals surface area (Å²) in [6.07, 6.45) is 1.55. The first kappa shape index (κ1) is 15.2. The molecule has 0 unspecified atom stereocenters. The largest absolute Gasteiger partial charge is 0.507 e. The Morgan fingerprint density at radius 2 is 1.87 bits per heavy atom. The average molecular weight is 325 g/mol. The number of aromatic amines is 1. The maximum Gasteiger partial charge on any atom is 0.282 e. The van der Waals surface area contributed by atoms with E-state index in [1.54, 1.807) is 36.5 Å². The number of hydrogen-bond donors (Lipinski definition) is 2. The Kier molecular flexibility index (Phi) is 3.83. The minimum absolute atomic E-state index is 0.233. The molecule has 0 bridgehead atoms. The van der Waals surface area contributed by atoms with Crippen molar-refractivity contribution in [2.24, 2.45) is 5.10 Å². The molecule has 0 atom stereocenters. The molecule has 0 spiro atoms. The highest BCUT2D eigenvalue weighted by molar-refractivity contribution is 7.71. The molecule has 2 N–H and O–H groups in total. The third-order valence-electron chi connectivity index (χ3n) is 3.62. The van der Waals surface area contributed by atoms with Gasteiger partial charge in [-0.2, -0.15) is 9.78 Å². The van der Waals surface area contributed by atoms with Gasteiger partial charge in [-0.1, -0.05) is 12.1 Å². The van der Waals surface area contributed by atoms with Crippen LogP contribution in [0, 0.1) is 18.6 Å². The maximum absolute atomic E-state index is 12.5. The second-order valence-electron chi connectivity index (χ2n) is 5.34.